The third-order valence-electron chi connectivity index (χ3n) is 1.93. The van der Waals surface area contributed by atoms with Gasteiger partial charge in [0.1, 0.15) is 5.75 Å². The summed E-state index contributed by atoms with van der Waals surface area (Å²) < 4.78 is 0. The van der Waals surface area contributed by atoms with Crippen molar-refractivity contribution < 1.29 is 10.2 Å². The van der Waals surface area contributed by atoms with E-state index in [-0.39, 0.29) is 17.4 Å². The number of halogens is 2. The van der Waals surface area contributed by atoms with E-state index in [0.29, 0.717) is 10.6 Å². The van der Waals surface area contributed by atoms with Crippen molar-refractivity contribution in [3.8, 4) is 5.75 Å². The van der Waals surface area contributed by atoms with Crippen LogP contribution in [0.1, 0.15) is 12.5 Å². The van der Waals surface area contributed by atoms with Gasteiger partial charge in [0.2, 0.25) is 0 Å². The maximum absolute atomic E-state index is 9.58. The first kappa shape index (κ1) is 11.6. The fourth-order valence-electron chi connectivity index (χ4n) is 1.20. The second-order valence-electron chi connectivity index (χ2n) is 3.36. The fraction of sp³-hybridized carbons (Fsp3) is 0.333. The van der Waals surface area contributed by atoms with Gasteiger partial charge in [0.25, 0.3) is 0 Å². The van der Waals surface area contributed by atoms with E-state index in [2.05, 4.69) is 0 Å². The van der Waals surface area contributed by atoms with E-state index < -0.39 is 5.54 Å². The number of hydrogen-bond acceptors (Lipinski definition) is 3. The number of phenols is 1. The quantitative estimate of drug-likeness (QED) is 0.734. The van der Waals surface area contributed by atoms with Crippen LogP contribution < -0.4 is 5.73 Å². The third kappa shape index (κ3) is 2.12. The first-order chi connectivity index (χ1) is 6.38. The predicted molar refractivity (Wildman–Crippen MR) is 56.8 cm³/mol. The normalized spacial score (nSPS) is 15.2. The van der Waals surface area contributed by atoms with Crippen LogP contribution in [0.4, 0.5) is 0 Å². The van der Waals surface area contributed by atoms with Gasteiger partial charge in [-0.3, -0.25) is 0 Å². The van der Waals surface area contributed by atoms with Crippen molar-refractivity contribution in [2.75, 3.05) is 6.61 Å². The molecule has 5 heteroatoms. The number of benzene rings is 1. The summed E-state index contributed by atoms with van der Waals surface area (Å²) in [6.07, 6.45) is 0. The van der Waals surface area contributed by atoms with Crippen molar-refractivity contribution in [2.24, 2.45) is 5.73 Å². The Bertz CT molecular complexity index is 330. The molecule has 0 heterocycles. The molecular formula is C9H11Cl2NO2. The molecule has 0 unspecified atom stereocenters. The second-order valence-corrected chi connectivity index (χ2v) is 4.20. The lowest BCUT2D eigenvalue weighted by Crippen LogP contribution is -2.37. The van der Waals surface area contributed by atoms with Crippen molar-refractivity contribution in [1.29, 1.82) is 0 Å². The highest BCUT2D eigenvalue weighted by Gasteiger charge is 2.26. The molecular weight excluding hydrogens is 225 g/mol. The molecule has 3 nitrogen and oxygen atoms in total. The summed E-state index contributed by atoms with van der Waals surface area (Å²) in [6.45, 7) is 1.25. The molecule has 78 valence electrons. The van der Waals surface area contributed by atoms with E-state index in [4.69, 9.17) is 34.0 Å². The summed E-state index contributed by atoms with van der Waals surface area (Å²) in [5.74, 6) is -0.110. The van der Waals surface area contributed by atoms with E-state index >= 15 is 0 Å². The van der Waals surface area contributed by atoms with Gasteiger partial charge in [-0.15, -0.1) is 0 Å². The topological polar surface area (TPSA) is 66.5 Å². The molecule has 0 aromatic heterocycles. The molecule has 1 aromatic rings. The lowest BCUT2D eigenvalue weighted by molar-refractivity contribution is 0.207. The molecule has 0 aliphatic heterocycles. The van der Waals surface area contributed by atoms with Gasteiger partial charge in [-0.05, 0) is 19.1 Å². The van der Waals surface area contributed by atoms with E-state index in [1.54, 1.807) is 6.92 Å². The molecule has 0 amide bonds. The Morgan fingerprint density at radius 3 is 2.43 bits per heavy atom. The summed E-state index contributed by atoms with van der Waals surface area (Å²) in [4.78, 5) is 0. The molecule has 0 aliphatic carbocycles. The van der Waals surface area contributed by atoms with Gasteiger partial charge in [0, 0.05) is 10.6 Å². The van der Waals surface area contributed by atoms with Crippen LogP contribution in [0.5, 0.6) is 5.75 Å². The average Bonchev–Trinajstić information content (AvgIpc) is 2.01. The minimum atomic E-state index is -1.08. The van der Waals surface area contributed by atoms with Gasteiger partial charge < -0.3 is 15.9 Å². The third-order valence-corrected chi connectivity index (χ3v) is 2.45. The van der Waals surface area contributed by atoms with Crippen molar-refractivity contribution in [2.45, 2.75) is 12.5 Å². The smallest absolute Gasteiger partial charge is 0.123 e. The summed E-state index contributed by atoms with van der Waals surface area (Å²) in [7, 11) is 0. The molecule has 0 fully saturated rings. The van der Waals surface area contributed by atoms with Crippen LogP contribution in [-0.2, 0) is 5.54 Å². The summed E-state index contributed by atoms with van der Waals surface area (Å²) in [5.41, 5.74) is 4.97. The van der Waals surface area contributed by atoms with Crippen LogP contribution in [0.25, 0.3) is 0 Å². The minimum Gasteiger partial charge on any atom is -0.507 e. The molecule has 0 saturated carbocycles. The average molecular weight is 236 g/mol. The fourth-order valence-corrected chi connectivity index (χ4v) is 1.90. The standard InChI is InChI=1S/C9H11Cl2NO2/c1-9(12,4-13)8-6(11)2-5(10)3-7(8)14/h2-3,13-14H,4,12H2,1H3/t9-/m0/s1. The van der Waals surface area contributed by atoms with Gasteiger partial charge in [0.15, 0.2) is 0 Å². The highest BCUT2D eigenvalue weighted by Crippen LogP contribution is 2.36. The molecule has 1 rings (SSSR count). The molecule has 0 saturated heterocycles. The zero-order valence-corrected chi connectivity index (χ0v) is 9.10. The molecule has 1 aromatic carbocycles. The van der Waals surface area contributed by atoms with E-state index in [0.717, 1.165) is 0 Å². The van der Waals surface area contributed by atoms with Gasteiger partial charge in [-0.1, -0.05) is 23.2 Å². The Morgan fingerprint density at radius 2 is 2.00 bits per heavy atom. The van der Waals surface area contributed by atoms with Crippen molar-refractivity contribution in [1.82, 2.24) is 0 Å². The van der Waals surface area contributed by atoms with Crippen molar-refractivity contribution in [3.63, 3.8) is 0 Å². The second kappa shape index (κ2) is 3.95. The monoisotopic (exact) mass is 235 g/mol. The van der Waals surface area contributed by atoms with E-state index in [1.807, 2.05) is 0 Å². The van der Waals surface area contributed by atoms with Crippen LogP contribution in [0.3, 0.4) is 0 Å². The van der Waals surface area contributed by atoms with Gasteiger partial charge in [-0.2, -0.15) is 0 Å². The van der Waals surface area contributed by atoms with Crippen LogP contribution in [0.15, 0.2) is 12.1 Å². The summed E-state index contributed by atoms with van der Waals surface area (Å²) in [6, 6.07) is 2.81. The summed E-state index contributed by atoms with van der Waals surface area (Å²) >= 11 is 11.5. The maximum atomic E-state index is 9.58. The molecule has 1 atom stereocenters. The highest BCUT2D eigenvalue weighted by molar-refractivity contribution is 6.35. The zero-order chi connectivity index (χ0) is 10.9. The first-order valence-corrected chi connectivity index (χ1v) is 4.72. The van der Waals surface area contributed by atoms with Crippen molar-refractivity contribution in [3.05, 3.63) is 27.7 Å². The van der Waals surface area contributed by atoms with E-state index in [1.165, 1.54) is 12.1 Å². The Hall–Kier alpha value is -0.480. The molecule has 0 aliphatic rings. The molecule has 0 radical (unpaired) electrons. The van der Waals surface area contributed by atoms with Gasteiger partial charge >= 0.3 is 0 Å². The van der Waals surface area contributed by atoms with Crippen LogP contribution >= 0.6 is 23.2 Å². The minimum absolute atomic E-state index is 0.110. The predicted octanol–water partition coefficient (Wildman–Crippen LogP) is 1.87. The van der Waals surface area contributed by atoms with Crippen LogP contribution in [0, 0.1) is 0 Å². The number of hydrogen-bond donors (Lipinski definition) is 3. The largest absolute Gasteiger partial charge is 0.507 e. The number of aliphatic hydroxyl groups is 1. The number of aromatic hydroxyl groups is 1. The lowest BCUT2D eigenvalue weighted by Gasteiger charge is -2.24. The summed E-state index contributed by atoms with van der Waals surface area (Å²) in [5, 5.41) is 19.2. The Balaban J connectivity index is 3.35. The molecule has 0 spiro atoms. The Kier molecular flexibility index (Phi) is 3.27. The number of phenolic OH excluding ortho intramolecular Hbond substituents is 1. The number of aliphatic hydroxyl groups excluding tert-OH is 1. The molecule has 14 heavy (non-hydrogen) atoms. The van der Waals surface area contributed by atoms with Crippen LogP contribution in [-0.4, -0.2) is 16.8 Å². The Morgan fingerprint density at radius 1 is 1.43 bits per heavy atom. The first-order valence-electron chi connectivity index (χ1n) is 3.96. The maximum Gasteiger partial charge on any atom is 0.123 e. The van der Waals surface area contributed by atoms with Crippen LogP contribution in [0.2, 0.25) is 10.0 Å². The molecule has 0 bridgehead atoms. The van der Waals surface area contributed by atoms with Crippen molar-refractivity contribution >= 4 is 23.2 Å². The number of nitrogens with two attached hydrogens (primary N) is 1. The lowest BCUT2D eigenvalue weighted by atomic mass is 9.93. The van der Waals surface area contributed by atoms with E-state index in [9.17, 15) is 5.11 Å². The highest BCUT2D eigenvalue weighted by atomic mass is 35.5. The Labute approximate surface area is 92.1 Å². The SMILES string of the molecule is C[C@](N)(CO)c1c(O)cc(Cl)cc1Cl. The van der Waals surface area contributed by atoms with Gasteiger partial charge in [-0.25, -0.2) is 0 Å². The molecule has 4 N–H and O–H groups in total. The number of rotatable bonds is 2. The van der Waals surface area contributed by atoms with Gasteiger partial charge in [0.05, 0.1) is 17.2 Å². The zero-order valence-electron chi connectivity index (χ0n) is 7.59.